The minimum Gasteiger partial charge on any atom is -0.459 e. The lowest BCUT2D eigenvalue weighted by atomic mass is 9.55. The summed E-state index contributed by atoms with van der Waals surface area (Å²) in [6.45, 7) is 9.54. The van der Waals surface area contributed by atoms with Crippen LogP contribution in [0, 0.1) is 17.8 Å². The number of fused-ring (bicyclic) bond motifs is 4. The Kier molecular flexibility index (Phi) is 18.3. The first-order valence-corrected chi connectivity index (χ1v) is 26.5. The average Bonchev–Trinajstić information content (AvgIpc) is 3.85. The molecular weight excluding hydrogens is 881 g/mol. The Morgan fingerprint density at radius 2 is 1.51 bits per heavy atom. The van der Waals surface area contributed by atoms with E-state index in [1.54, 1.807) is 6.08 Å². The van der Waals surface area contributed by atoms with Gasteiger partial charge in [-0.2, -0.15) is 0 Å². The number of aliphatic hydroxyl groups excluding tert-OH is 2. The second-order valence-corrected chi connectivity index (χ2v) is 19.6. The van der Waals surface area contributed by atoms with Crippen LogP contribution in [-0.2, 0) is 20.9 Å². The molecular formula is C59H76N2O9. The largest absolute Gasteiger partial charge is 0.459 e. The van der Waals surface area contributed by atoms with E-state index >= 15 is 4.79 Å². The van der Waals surface area contributed by atoms with E-state index < -0.39 is 17.7 Å². The first kappa shape index (κ1) is 51.0. The van der Waals surface area contributed by atoms with E-state index in [1.807, 2.05) is 60.4 Å². The van der Waals surface area contributed by atoms with Crippen molar-refractivity contribution < 1.29 is 43.5 Å². The number of carbonyl (C=O) groups is 1. The summed E-state index contributed by atoms with van der Waals surface area (Å²) in [6.07, 6.45) is 20.0. The monoisotopic (exact) mass is 957 g/mol. The summed E-state index contributed by atoms with van der Waals surface area (Å²) in [7, 11) is 0. The number of oxime groups is 1. The molecule has 0 saturated heterocycles. The molecule has 4 aliphatic rings. The molecule has 4 aromatic carbocycles. The zero-order valence-electron chi connectivity index (χ0n) is 41.7. The number of unbranched alkanes of at least 4 members (excludes halogenated alkanes) is 10. The summed E-state index contributed by atoms with van der Waals surface area (Å²) in [6, 6.07) is 25.8. The molecule has 2 aliphatic carbocycles. The Hall–Kier alpha value is -5.36. The quantitative estimate of drug-likeness (QED) is 0.0325. The summed E-state index contributed by atoms with van der Waals surface area (Å²) in [4.78, 5) is 23.3. The number of amides is 1. The van der Waals surface area contributed by atoms with E-state index in [9.17, 15) is 10.2 Å². The van der Waals surface area contributed by atoms with Crippen molar-refractivity contribution in [3.8, 4) is 28.7 Å². The molecule has 70 heavy (non-hydrogen) atoms. The van der Waals surface area contributed by atoms with Crippen LogP contribution in [0.5, 0.6) is 28.7 Å². The molecule has 0 radical (unpaired) electrons. The third-order valence-electron chi connectivity index (χ3n) is 14.9. The van der Waals surface area contributed by atoms with Crippen molar-refractivity contribution in [2.24, 2.45) is 22.9 Å². The number of rotatable bonds is 28. The smallest absolute Gasteiger partial charge is 0.239 e. The van der Waals surface area contributed by atoms with Crippen LogP contribution >= 0.6 is 0 Å². The van der Waals surface area contributed by atoms with Crippen molar-refractivity contribution >= 4 is 22.4 Å². The standard InChI is InChI=1S/C59H76N2O9/c1-4-7-8-9-10-11-12-13-14-25-56(64)61(40-42-26-30-53-54(35-42)66-41-65-53)55-39-51(60-68-6-3)49-37-45(23-17-19-32-62)48(24-18-20-33-63)57-50-38-47(69-46-28-27-43-21-15-16-22-44(43)36-46)29-31-52(50)70-59(55,58(49)57)67-34-5-2/h5,15-16,21-22,26-31,35-38,45,48,55,57-58,62-63H,2,4,6-14,17-20,23-25,32-34,39-41H2,1,3H3. The SMILES string of the molecule is C=CCOC12Oc3ccc(Oc4ccc5ccccc5c4)cc3C3C(CCCCO)C(CCCCO)C=C(C(=NOCC)CC1N(Cc1ccc4c(c1)OCO4)C(=O)CCCCCCCCCCC)C32. The van der Waals surface area contributed by atoms with Gasteiger partial charge in [0.1, 0.15) is 29.9 Å². The molecule has 6 unspecified atom stereocenters. The third-order valence-corrected chi connectivity index (χ3v) is 14.9. The first-order valence-electron chi connectivity index (χ1n) is 26.5. The Labute approximate surface area is 415 Å². The minimum atomic E-state index is -1.38. The van der Waals surface area contributed by atoms with Crippen molar-refractivity contribution in [2.45, 2.75) is 147 Å². The fourth-order valence-electron chi connectivity index (χ4n) is 11.6. The number of benzene rings is 4. The minimum absolute atomic E-state index is 0.0256. The van der Waals surface area contributed by atoms with Gasteiger partial charge in [0.05, 0.1) is 18.2 Å². The lowest BCUT2D eigenvalue weighted by Crippen LogP contribution is -2.70. The van der Waals surface area contributed by atoms with Gasteiger partial charge in [0.15, 0.2) is 11.5 Å². The van der Waals surface area contributed by atoms with Crippen LogP contribution < -0.4 is 18.9 Å². The number of ether oxygens (including phenoxy) is 5. The van der Waals surface area contributed by atoms with Gasteiger partial charge in [-0.25, -0.2) is 0 Å². The molecule has 2 heterocycles. The Morgan fingerprint density at radius 3 is 2.29 bits per heavy atom. The van der Waals surface area contributed by atoms with Gasteiger partial charge in [-0.3, -0.25) is 4.79 Å². The summed E-state index contributed by atoms with van der Waals surface area (Å²) in [5, 5.41) is 27.3. The number of hydrogen-bond donors (Lipinski definition) is 2. The highest BCUT2D eigenvalue weighted by Gasteiger charge is 2.65. The van der Waals surface area contributed by atoms with E-state index in [4.69, 9.17) is 33.7 Å². The van der Waals surface area contributed by atoms with E-state index in [0.717, 1.165) is 83.9 Å². The van der Waals surface area contributed by atoms with Crippen LogP contribution in [0.15, 0.2) is 108 Å². The molecule has 1 amide bonds. The zero-order chi connectivity index (χ0) is 48.7. The second-order valence-electron chi connectivity index (χ2n) is 19.6. The van der Waals surface area contributed by atoms with Crippen LogP contribution in [0.2, 0.25) is 0 Å². The van der Waals surface area contributed by atoms with Gasteiger partial charge in [-0.15, -0.1) is 6.58 Å². The Morgan fingerprint density at radius 1 is 0.800 bits per heavy atom. The van der Waals surface area contributed by atoms with Crippen LogP contribution in [0.25, 0.3) is 10.8 Å². The van der Waals surface area contributed by atoms with E-state index in [1.165, 1.54) is 38.5 Å². The molecule has 376 valence electrons. The molecule has 8 rings (SSSR count). The summed E-state index contributed by atoms with van der Waals surface area (Å²) < 4.78 is 33.1. The number of carbonyl (C=O) groups excluding carboxylic acids is 1. The second kappa shape index (κ2) is 25.2. The van der Waals surface area contributed by atoms with E-state index in [0.29, 0.717) is 55.3 Å². The van der Waals surface area contributed by atoms with Crippen molar-refractivity contribution in [3.05, 3.63) is 114 Å². The molecule has 6 atom stereocenters. The highest BCUT2D eigenvalue weighted by Crippen LogP contribution is 2.62. The van der Waals surface area contributed by atoms with Gasteiger partial charge >= 0.3 is 0 Å². The van der Waals surface area contributed by atoms with Gasteiger partial charge in [0.2, 0.25) is 18.5 Å². The normalized spacial score (nSPS) is 22.5. The van der Waals surface area contributed by atoms with Gasteiger partial charge < -0.3 is 43.6 Å². The van der Waals surface area contributed by atoms with Crippen molar-refractivity contribution in [1.82, 2.24) is 4.90 Å². The summed E-state index contributed by atoms with van der Waals surface area (Å²) in [5.74, 6) is 1.68. The van der Waals surface area contributed by atoms with Gasteiger partial charge in [-0.1, -0.05) is 125 Å². The fourth-order valence-corrected chi connectivity index (χ4v) is 11.6. The number of aliphatic hydroxyl groups is 2. The molecule has 2 aliphatic heterocycles. The summed E-state index contributed by atoms with van der Waals surface area (Å²) >= 11 is 0. The van der Waals surface area contributed by atoms with Crippen LogP contribution in [0.1, 0.15) is 140 Å². The number of nitrogens with zero attached hydrogens (tertiary/aromatic N) is 2. The van der Waals surface area contributed by atoms with Crippen LogP contribution in [0.3, 0.4) is 0 Å². The lowest BCUT2D eigenvalue weighted by molar-refractivity contribution is -0.258. The van der Waals surface area contributed by atoms with Crippen LogP contribution in [-0.4, -0.2) is 71.8 Å². The van der Waals surface area contributed by atoms with Gasteiger partial charge in [0, 0.05) is 44.1 Å². The Bertz CT molecular complexity index is 2420. The van der Waals surface area contributed by atoms with E-state index in [-0.39, 0.29) is 56.8 Å². The lowest BCUT2D eigenvalue weighted by Gasteiger charge is -2.60. The fraction of sp³-hybridized carbons (Fsp3) is 0.525. The van der Waals surface area contributed by atoms with Crippen molar-refractivity contribution in [1.29, 1.82) is 0 Å². The maximum absolute atomic E-state index is 15.3. The molecule has 0 aromatic heterocycles. The van der Waals surface area contributed by atoms with E-state index in [2.05, 4.69) is 49.9 Å². The predicted molar refractivity (Wildman–Crippen MR) is 276 cm³/mol. The third kappa shape index (κ3) is 11.9. The van der Waals surface area contributed by atoms with Crippen molar-refractivity contribution in [3.63, 3.8) is 0 Å². The first-order chi connectivity index (χ1) is 34.4. The number of hydrogen-bond acceptors (Lipinski definition) is 10. The summed E-state index contributed by atoms with van der Waals surface area (Å²) in [5.41, 5.74) is 3.70. The van der Waals surface area contributed by atoms with Crippen LogP contribution in [0.4, 0.5) is 0 Å². The highest BCUT2D eigenvalue weighted by atomic mass is 16.7. The molecule has 11 nitrogen and oxygen atoms in total. The molecule has 1 saturated carbocycles. The molecule has 11 heteroatoms. The zero-order valence-corrected chi connectivity index (χ0v) is 41.7. The number of allylic oxidation sites excluding steroid dienone is 1. The van der Waals surface area contributed by atoms with Crippen molar-refractivity contribution in [2.75, 3.05) is 33.2 Å². The molecule has 4 aromatic rings. The maximum atomic E-state index is 15.3. The predicted octanol–water partition coefficient (Wildman–Crippen LogP) is 13.0. The highest BCUT2D eigenvalue weighted by molar-refractivity contribution is 6.03. The average molecular weight is 957 g/mol. The van der Waals surface area contributed by atoms with Gasteiger partial charge in [0.25, 0.3) is 0 Å². The molecule has 2 N–H and O–H groups in total. The Balaban J connectivity index is 1.25. The molecule has 0 bridgehead atoms. The van der Waals surface area contributed by atoms with Gasteiger partial charge in [-0.05, 0) is 115 Å². The molecule has 0 spiro atoms. The maximum Gasteiger partial charge on any atom is 0.239 e. The molecule has 1 fully saturated rings. The topological polar surface area (TPSA) is 129 Å².